The Labute approximate surface area is 154 Å². The fourth-order valence-corrected chi connectivity index (χ4v) is 2.58. The van der Waals surface area contributed by atoms with Crippen LogP contribution in [-0.2, 0) is 16.4 Å². The van der Waals surface area contributed by atoms with Crippen LogP contribution in [0.2, 0.25) is 5.02 Å². The normalized spacial score (nSPS) is 11.7. The summed E-state index contributed by atoms with van der Waals surface area (Å²) in [5.41, 5.74) is 7.38. The number of halogens is 1. The van der Waals surface area contributed by atoms with Crippen molar-refractivity contribution in [1.82, 2.24) is 10.2 Å². The number of nitrogens with one attached hydrogen (secondary N) is 1. The molecule has 1 unspecified atom stereocenters. The second-order valence-corrected chi connectivity index (χ2v) is 5.76. The molecule has 0 saturated carbocycles. The summed E-state index contributed by atoms with van der Waals surface area (Å²) in [5, 5.41) is 7.39. The first-order valence-electron chi connectivity index (χ1n) is 7.72. The van der Waals surface area contributed by atoms with E-state index in [1.165, 1.54) is 0 Å². The number of aromatic amines is 1. The van der Waals surface area contributed by atoms with E-state index in [9.17, 15) is 4.79 Å². The van der Waals surface area contributed by atoms with Crippen LogP contribution in [0.5, 0.6) is 5.88 Å². The van der Waals surface area contributed by atoms with Gasteiger partial charge >= 0.3 is 6.09 Å². The van der Waals surface area contributed by atoms with Gasteiger partial charge in [0.05, 0.1) is 0 Å². The number of primary amides is 1. The lowest BCUT2D eigenvalue weighted by Gasteiger charge is -2.21. The smallest absolute Gasteiger partial charge is 0.436 e. The van der Waals surface area contributed by atoms with Gasteiger partial charge in [0, 0.05) is 22.8 Å². The van der Waals surface area contributed by atoms with Crippen LogP contribution in [0.25, 0.3) is 0 Å². The second kappa shape index (κ2) is 8.37. The van der Waals surface area contributed by atoms with Gasteiger partial charge in [0.25, 0.3) is 0 Å². The third-order valence-electron chi connectivity index (χ3n) is 3.58. The zero-order chi connectivity index (χ0) is 18.4. The summed E-state index contributed by atoms with van der Waals surface area (Å²) in [6.45, 7) is 0.0210. The van der Waals surface area contributed by atoms with Crippen molar-refractivity contribution in [2.24, 2.45) is 5.73 Å². The van der Waals surface area contributed by atoms with Crippen LogP contribution in [0.1, 0.15) is 22.8 Å². The molecule has 0 radical (unpaired) electrons. The van der Waals surface area contributed by atoms with E-state index in [2.05, 4.69) is 15.1 Å². The van der Waals surface area contributed by atoms with Gasteiger partial charge in [0.2, 0.25) is 5.88 Å². The quantitative estimate of drug-likeness (QED) is 0.485. The molecule has 1 aromatic heterocycles. The molecule has 2 aromatic carbocycles. The van der Waals surface area contributed by atoms with Gasteiger partial charge in [-0.15, -0.1) is 5.10 Å². The molecule has 0 saturated heterocycles. The van der Waals surface area contributed by atoms with E-state index in [0.717, 1.165) is 16.7 Å². The Morgan fingerprint density at radius 2 is 1.92 bits per heavy atom. The van der Waals surface area contributed by atoms with Crippen molar-refractivity contribution in [1.29, 1.82) is 0 Å². The van der Waals surface area contributed by atoms with Crippen molar-refractivity contribution in [2.45, 2.75) is 12.7 Å². The predicted molar refractivity (Wildman–Crippen MR) is 94.4 cm³/mol. The van der Waals surface area contributed by atoms with Gasteiger partial charge in [-0.1, -0.05) is 48.0 Å². The number of H-pyrrole nitrogens is 1. The van der Waals surface area contributed by atoms with Crippen LogP contribution in [0.15, 0.2) is 60.8 Å². The third kappa shape index (κ3) is 4.53. The van der Waals surface area contributed by atoms with Gasteiger partial charge in [-0.05, 0) is 23.3 Å². The fraction of sp³-hybridized carbons (Fsp3) is 0.111. The summed E-state index contributed by atoms with van der Waals surface area (Å²) in [6.07, 6.45) is 0.192. The minimum Gasteiger partial charge on any atom is -0.463 e. The molecule has 1 amide bonds. The van der Waals surface area contributed by atoms with E-state index in [-0.39, 0.29) is 6.61 Å². The number of rotatable bonds is 7. The van der Waals surface area contributed by atoms with Crippen LogP contribution in [0.4, 0.5) is 4.79 Å². The van der Waals surface area contributed by atoms with E-state index in [4.69, 9.17) is 27.0 Å². The second-order valence-electron chi connectivity index (χ2n) is 5.33. The molecule has 3 aromatic rings. The summed E-state index contributed by atoms with van der Waals surface area (Å²) in [4.78, 5) is 20.0. The predicted octanol–water partition coefficient (Wildman–Crippen LogP) is 3.76. The van der Waals surface area contributed by atoms with Crippen LogP contribution in [0.3, 0.4) is 0 Å². The highest BCUT2D eigenvalue weighted by Gasteiger charge is 2.20. The molecule has 134 valence electrons. The number of carbonyl (C=O) groups is 1. The first-order valence-corrected chi connectivity index (χ1v) is 8.10. The summed E-state index contributed by atoms with van der Waals surface area (Å²) in [7, 11) is 0. The van der Waals surface area contributed by atoms with Crippen LogP contribution in [0, 0.1) is 0 Å². The van der Waals surface area contributed by atoms with Gasteiger partial charge in [-0.25, -0.2) is 4.79 Å². The largest absolute Gasteiger partial charge is 0.463 e. The maximum Gasteiger partial charge on any atom is 0.436 e. The number of hydrogen-bond donors (Lipinski definition) is 2. The number of nitrogens with zero attached hydrogens (tertiary/aromatic N) is 1. The molecule has 26 heavy (non-hydrogen) atoms. The molecule has 3 N–H and O–H groups in total. The number of carbonyl (C=O) groups excluding carboxylic acids is 1. The number of benzene rings is 2. The molecule has 0 fully saturated rings. The molecule has 0 aliphatic heterocycles. The number of amides is 1. The topological polar surface area (TPSA) is 99.5 Å². The summed E-state index contributed by atoms with van der Waals surface area (Å²) in [6, 6.07) is 16.5. The zero-order valence-corrected chi connectivity index (χ0v) is 14.3. The van der Waals surface area contributed by atoms with Gasteiger partial charge < -0.3 is 10.5 Å². The van der Waals surface area contributed by atoms with Crippen LogP contribution < -0.4 is 10.5 Å². The average Bonchev–Trinajstić information content (AvgIpc) is 3.14. The van der Waals surface area contributed by atoms with Gasteiger partial charge in [-0.3, -0.25) is 9.99 Å². The van der Waals surface area contributed by atoms with Crippen molar-refractivity contribution in [3.05, 3.63) is 82.5 Å². The zero-order valence-electron chi connectivity index (χ0n) is 13.6. The molecular formula is C18H16ClN3O4. The Morgan fingerprint density at radius 1 is 1.15 bits per heavy atom. The SMILES string of the molecule is NC(=O)OOCc1ccccc1C(Oc1cc[nH]n1)c1ccc(Cl)cc1. The molecular weight excluding hydrogens is 358 g/mol. The lowest BCUT2D eigenvalue weighted by molar-refractivity contribution is -0.246. The van der Waals surface area contributed by atoms with Gasteiger partial charge in [0.1, 0.15) is 6.61 Å². The van der Waals surface area contributed by atoms with E-state index in [0.29, 0.717) is 10.9 Å². The Bertz CT molecular complexity index is 853. The monoisotopic (exact) mass is 373 g/mol. The summed E-state index contributed by atoms with van der Waals surface area (Å²) >= 11 is 6.00. The van der Waals surface area contributed by atoms with E-state index in [1.807, 2.05) is 36.4 Å². The molecule has 1 heterocycles. The molecule has 0 aliphatic rings. The lowest BCUT2D eigenvalue weighted by atomic mass is 9.97. The van der Waals surface area contributed by atoms with E-state index >= 15 is 0 Å². The molecule has 0 bridgehead atoms. The molecule has 1 atom stereocenters. The standard InChI is InChI=1S/C18H16ClN3O4/c19-14-7-5-12(6-8-14)17(25-16-9-10-21-22-16)15-4-2-1-3-13(15)11-24-26-18(20)23/h1-10,17H,11H2,(H2,20,23)(H,21,22). The maximum absolute atomic E-state index is 10.7. The molecule has 0 spiro atoms. The van der Waals surface area contributed by atoms with Crippen molar-refractivity contribution in [2.75, 3.05) is 0 Å². The minimum absolute atomic E-state index is 0.0210. The summed E-state index contributed by atoms with van der Waals surface area (Å²) < 4.78 is 6.06. The lowest BCUT2D eigenvalue weighted by Crippen LogP contribution is -2.15. The Kier molecular flexibility index (Phi) is 5.73. The Morgan fingerprint density at radius 3 is 2.62 bits per heavy atom. The number of hydrogen-bond acceptors (Lipinski definition) is 5. The molecule has 7 nitrogen and oxygen atoms in total. The minimum atomic E-state index is -1.01. The van der Waals surface area contributed by atoms with Crippen LogP contribution in [-0.4, -0.2) is 16.3 Å². The van der Waals surface area contributed by atoms with Gasteiger partial charge in [-0.2, -0.15) is 4.89 Å². The van der Waals surface area contributed by atoms with Gasteiger partial charge in [0.15, 0.2) is 6.10 Å². The van der Waals surface area contributed by atoms with Crippen molar-refractivity contribution >= 4 is 17.7 Å². The fourth-order valence-electron chi connectivity index (χ4n) is 2.45. The highest BCUT2D eigenvalue weighted by atomic mass is 35.5. The number of ether oxygens (including phenoxy) is 1. The van der Waals surface area contributed by atoms with Crippen molar-refractivity contribution in [3.8, 4) is 5.88 Å². The van der Waals surface area contributed by atoms with E-state index in [1.54, 1.807) is 24.4 Å². The highest BCUT2D eigenvalue weighted by Crippen LogP contribution is 2.31. The Hall–Kier alpha value is -3.03. The maximum atomic E-state index is 10.7. The van der Waals surface area contributed by atoms with E-state index < -0.39 is 12.2 Å². The Balaban J connectivity index is 1.93. The molecule has 0 aliphatic carbocycles. The van der Waals surface area contributed by atoms with Crippen molar-refractivity contribution < 1.29 is 19.3 Å². The van der Waals surface area contributed by atoms with Crippen molar-refractivity contribution in [3.63, 3.8) is 0 Å². The summed E-state index contributed by atoms with van der Waals surface area (Å²) in [5.74, 6) is 0.439. The van der Waals surface area contributed by atoms with Crippen LogP contribution >= 0.6 is 11.6 Å². The molecule has 8 heteroatoms. The first kappa shape index (κ1) is 17.8. The average molecular weight is 374 g/mol. The number of nitrogens with two attached hydrogens (primary N) is 1. The first-order chi connectivity index (χ1) is 12.6. The number of aromatic nitrogens is 2. The third-order valence-corrected chi connectivity index (χ3v) is 3.83. The highest BCUT2D eigenvalue weighted by molar-refractivity contribution is 6.30. The molecule has 3 rings (SSSR count).